The SMILES string of the molecule is CNC(=S)N(C)Cc1c([O-])on[n+]1-c1ccc(OC)cc1. The van der Waals surface area contributed by atoms with E-state index < -0.39 is 5.95 Å². The molecule has 1 aromatic carbocycles. The normalized spacial score (nSPS) is 10.2. The third kappa shape index (κ3) is 3.22. The molecule has 0 aliphatic heterocycles. The summed E-state index contributed by atoms with van der Waals surface area (Å²) in [7, 11) is 5.10. The van der Waals surface area contributed by atoms with E-state index in [0.717, 1.165) is 5.75 Å². The van der Waals surface area contributed by atoms with Crippen LogP contribution in [0.15, 0.2) is 28.8 Å². The molecule has 2 rings (SSSR count). The fourth-order valence-electron chi connectivity index (χ4n) is 1.81. The van der Waals surface area contributed by atoms with Gasteiger partial charge in [0.2, 0.25) is 5.69 Å². The minimum absolute atomic E-state index is 0.286. The van der Waals surface area contributed by atoms with Crippen LogP contribution in [-0.4, -0.2) is 36.5 Å². The Morgan fingerprint density at radius 3 is 2.71 bits per heavy atom. The molecular weight excluding hydrogens is 292 g/mol. The van der Waals surface area contributed by atoms with E-state index >= 15 is 0 Å². The third-order valence-corrected chi connectivity index (χ3v) is 3.48. The van der Waals surface area contributed by atoms with Gasteiger partial charge >= 0.3 is 0 Å². The van der Waals surface area contributed by atoms with Crippen molar-refractivity contribution < 1.29 is 19.0 Å². The zero-order chi connectivity index (χ0) is 15.4. The number of benzene rings is 1. The van der Waals surface area contributed by atoms with Gasteiger partial charge in [-0.25, -0.2) is 0 Å². The van der Waals surface area contributed by atoms with Gasteiger partial charge in [0.05, 0.1) is 12.4 Å². The molecule has 8 heteroatoms. The van der Waals surface area contributed by atoms with Gasteiger partial charge in [-0.3, -0.25) is 0 Å². The van der Waals surface area contributed by atoms with Gasteiger partial charge in [-0.1, -0.05) is 0 Å². The summed E-state index contributed by atoms with van der Waals surface area (Å²) >= 11 is 5.12. The first kappa shape index (κ1) is 15.0. The lowest BCUT2D eigenvalue weighted by Gasteiger charge is -2.17. The van der Waals surface area contributed by atoms with Crippen LogP contribution in [0.4, 0.5) is 0 Å². The highest BCUT2D eigenvalue weighted by atomic mass is 32.1. The highest BCUT2D eigenvalue weighted by Gasteiger charge is 2.22. The number of thiocarbonyl (C=S) groups is 1. The van der Waals surface area contributed by atoms with Crippen LogP contribution >= 0.6 is 12.2 Å². The average molecular weight is 308 g/mol. The first-order chi connectivity index (χ1) is 10.1. The molecule has 112 valence electrons. The maximum absolute atomic E-state index is 11.8. The van der Waals surface area contributed by atoms with E-state index in [2.05, 4.69) is 10.6 Å². The van der Waals surface area contributed by atoms with Crippen molar-refractivity contribution in [1.29, 1.82) is 0 Å². The molecule has 1 aromatic heterocycles. The Kier molecular flexibility index (Phi) is 4.59. The van der Waals surface area contributed by atoms with Crippen LogP contribution < -0.4 is 19.8 Å². The molecule has 0 fully saturated rings. The summed E-state index contributed by atoms with van der Waals surface area (Å²) in [4.78, 5) is 1.73. The van der Waals surface area contributed by atoms with Gasteiger partial charge in [-0.15, -0.1) is 0 Å². The Hall–Kier alpha value is -2.35. The molecule has 0 amide bonds. The van der Waals surface area contributed by atoms with Crippen molar-refractivity contribution in [2.75, 3.05) is 21.2 Å². The third-order valence-electron chi connectivity index (χ3n) is 2.96. The van der Waals surface area contributed by atoms with E-state index in [0.29, 0.717) is 16.5 Å². The van der Waals surface area contributed by atoms with Gasteiger partial charge in [-0.2, -0.15) is 0 Å². The molecule has 0 saturated carbocycles. The molecule has 0 spiro atoms. The predicted molar refractivity (Wildman–Crippen MR) is 77.2 cm³/mol. The second kappa shape index (κ2) is 6.40. The van der Waals surface area contributed by atoms with Crippen molar-refractivity contribution in [3.63, 3.8) is 0 Å². The van der Waals surface area contributed by atoms with Gasteiger partial charge in [0.1, 0.15) is 12.3 Å². The maximum Gasteiger partial charge on any atom is 0.259 e. The minimum atomic E-state index is -0.489. The smallest absolute Gasteiger partial charge is 0.259 e. The van der Waals surface area contributed by atoms with Crippen LogP contribution in [0, 0.1) is 0 Å². The lowest BCUT2D eigenvalue weighted by molar-refractivity contribution is -0.678. The Morgan fingerprint density at radius 1 is 1.48 bits per heavy atom. The fraction of sp³-hybridized carbons (Fsp3) is 0.308. The summed E-state index contributed by atoms with van der Waals surface area (Å²) in [5.41, 5.74) is 1.10. The Bertz CT molecular complexity index is 627. The summed E-state index contributed by atoms with van der Waals surface area (Å²) in [6.45, 7) is 0.286. The lowest BCUT2D eigenvalue weighted by atomic mass is 10.3. The fourth-order valence-corrected chi connectivity index (χ4v) is 1.88. The molecule has 0 bridgehead atoms. The molecule has 1 N–H and O–H groups in total. The van der Waals surface area contributed by atoms with Gasteiger partial charge in [0, 0.05) is 26.2 Å². The number of nitrogens with one attached hydrogen (secondary N) is 1. The van der Waals surface area contributed by atoms with Crippen LogP contribution in [0.3, 0.4) is 0 Å². The van der Waals surface area contributed by atoms with Crippen molar-refractivity contribution in [2.24, 2.45) is 0 Å². The largest absolute Gasteiger partial charge is 0.539 e. The first-order valence-corrected chi connectivity index (χ1v) is 6.62. The molecule has 0 unspecified atom stereocenters. The number of ether oxygens (including phenoxy) is 1. The first-order valence-electron chi connectivity index (χ1n) is 6.22. The zero-order valence-electron chi connectivity index (χ0n) is 12.0. The number of methoxy groups -OCH3 is 1. The van der Waals surface area contributed by atoms with E-state index in [-0.39, 0.29) is 6.54 Å². The molecule has 21 heavy (non-hydrogen) atoms. The van der Waals surface area contributed by atoms with Gasteiger partial charge in [0.25, 0.3) is 5.69 Å². The van der Waals surface area contributed by atoms with Gasteiger partial charge in [0.15, 0.2) is 11.1 Å². The Labute approximate surface area is 127 Å². The predicted octanol–water partition coefficient (Wildman–Crippen LogP) is -0.0304. The summed E-state index contributed by atoms with van der Waals surface area (Å²) < 4.78 is 11.3. The summed E-state index contributed by atoms with van der Waals surface area (Å²) in [5, 5.41) is 19.0. The molecule has 0 atom stereocenters. The van der Waals surface area contributed by atoms with E-state index in [1.807, 2.05) is 0 Å². The quantitative estimate of drug-likeness (QED) is 0.628. The number of hydrogen-bond donors (Lipinski definition) is 1. The Balaban J connectivity index is 2.30. The molecule has 2 aromatic rings. The summed E-state index contributed by atoms with van der Waals surface area (Å²) in [5.74, 6) is 0.233. The van der Waals surface area contributed by atoms with Crippen molar-refractivity contribution in [2.45, 2.75) is 6.54 Å². The van der Waals surface area contributed by atoms with Crippen molar-refractivity contribution in [1.82, 2.24) is 15.5 Å². The molecule has 0 aliphatic rings. The molecule has 0 aliphatic carbocycles. The van der Waals surface area contributed by atoms with Gasteiger partial charge < -0.3 is 24.6 Å². The molecule has 0 saturated heterocycles. The topological polar surface area (TPSA) is 77.5 Å². The number of nitrogens with zero attached hydrogens (tertiary/aromatic N) is 3. The van der Waals surface area contributed by atoms with Crippen molar-refractivity contribution in [3.05, 3.63) is 30.0 Å². The van der Waals surface area contributed by atoms with Crippen LogP contribution in [0.1, 0.15) is 5.69 Å². The summed E-state index contributed by atoms with van der Waals surface area (Å²) in [6, 6.07) is 7.15. The second-order valence-electron chi connectivity index (χ2n) is 4.33. The van der Waals surface area contributed by atoms with Crippen molar-refractivity contribution in [3.8, 4) is 17.4 Å². The molecule has 1 heterocycles. The van der Waals surface area contributed by atoms with E-state index in [1.165, 1.54) is 4.68 Å². The molecular formula is C13H16N4O3S. The van der Waals surface area contributed by atoms with E-state index in [9.17, 15) is 5.11 Å². The molecule has 0 radical (unpaired) electrons. The van der Waals surface area contributed by atoms with E-state index in [1.54, 1.807) is 50.4 Å². The number of aromatic nitrogens is 2. The standard InChI is InChI=1S/C13H16N4O3S/c1-14-13(21)16(2)8-11-12(18)20-15-17(11)9-4-6-10(19-3)7-5-9/h4-7H,8H2,1-3H3,(H-,14,15,18,21). The lowest BCUT2D eigenvalue weighted by Crippen LogP contribution is -2.42. The maximum atomic E-state index is 11.8. The van der Waals surface area contributed by atoms with Crippen LogP contribution in [-0.2, 0) is 6.54 Å². The highest BCUT2D eigenvalue weighted by Crippen LogP contribution is 2.15. The Morgan fingerprint density at radius 2 is 2.14 bits per heavy atom. The number of rotatable bonds is 4. The second-order valence-corrected chi connectivity index (χ2v) is 4.71. The summed E-state index contributed by atoms with van der Waals surface area (Å²) in [6.07, 6.45) is 0. The highest BCUT2D eigenvalue weighted by molar-refractivity contribution is 7.80. The van der Waals surface area contributed by atoms with Gasteiger partial charge in [-0.05, 0) is 29.0 Å². The van der Waals surface area contributed by atoms with Crippen LogP contribution in [0.5, 0.6) is 11.7 Å². The van der Waals surface area contributed by atoms with Crippen LogP contribution in [0.2, 0.25) is 0 Å². The van der Waals surface area contributed by atoms with Crippen molar-refractivity contribution >= 4 is 17.3 Å². The van der Waals surface area contributed by atoms with Crippen LogP contribution in [0.25, 0.3) is 5.69 Å². The average Bonchev–Trinajstić information content (AvgIpc) is 2.87. The number of hydrogen-bond acceptors (Lipinski definition) is 5. The monoisotopic (exact) mass is 308 g/mol. The zero-order valence-corrected chi connectivity index (χ0v) is 12.8. The minimum Gasteiger partial charge on any atom is -0.539 e. The molecule has 7 nitrogen and oxygen atoms in total. The van der Waals surface area contributed by atoms with E-state index in [4.69, 9.17) is 21.5 Å².